The number of thiazole rings is 1. The van der Waals surface area contributed by atoms with Gasteiger partial charge in [0.15, 0.2) is 0 Å². The van der Waals surface area contributed by atoms with Crippen LogP contribution in [0.4, 0.5) is 10.1 Å². The van der Waals surface area contributed by atoms with Crippen molar-refractivity contribution in [3.63, 3.8) is 0 Å². The van der Waals surface area contributed by atoms with Gasteiger partial charge in [0.1, 0.15) is 10.8 Å². The summed E-state index contributed by atoms with van der Waals surface area (Å²) in [5, 5.41) is 4.41. The Morgan fingerprint density at radius 1 is 1.17 bits per heavy atom. The summed E-state index contributed by atoms with van der Waals surface area (Å²) in [4.78, 5) is 6.12. The molecular weight excluding hydrogens is 247 g/mol. The monoisotopic (exact) mass is 262 g/mol. The Bertz CT molecular complexity index is 510. The third-order valence-electron chi connectivity index (χ3n) is 3.18. The van der Waals surface area contributed by atoms with Crippen LogP contribution in [-0.2, 0) is 19.4 Å². The van der Waals surface area contributed by atoms with Gasteiger partial charge in [-0.05, 0) is 49.9 Å². The number of hydrogen-bond donors (Lipinski definition) is 1. The number of benzene rings is 1. The molecule has 0 atom stereocenters. The molecule has 0 saturated heterocycles. The molecule has 2 nitrogen and oxygen atoms in total. The van der Waals surface area contributed by atoms with Crippen molar-refractivity contribution in [3.8, 4) is 0 Å². The second-order valence-corrected chi connectivity index (χ2v) is 5.71. The van der Waals surface area contributed by atoms with Crippen molar-refractivity contribution in [2.45, 2.75) is 32.2 Å². The van der Waals surface area contributed by atoms with Gasteiger partial charge in [-0.2, -0.15) is 0 Å². The average Bonchev–Trinajstić information content (AvgIpc) is 2.81. The highest BCUT2D eigenvalue weighted by Gasteiger charge is 2.14. The number of rotatable bonds is 3. The first-order chi connectivity index (χ1) is 8.81. The van der Waals surface area contributed by atoms with Crippen LogP contribution in [0.3, 0.4) is 0 Å². The van der Waals surface area contributed by atoms with E-state index in [1.54, 1.807) is 12.1 Å². The van der Waals surface area contributed by atoms with Gasteiger partial charge >= 0.3 is 0 Å². The highest BCUT2D eigenvalue weighted by molar-refractivity contribution is 7.11. The van der Waals surface area contributed by atoms with Crippen molar-refractivity contribution < 1.29 is 4.39 Å². The Morgan fingerprint density at radius 2 is 1.94 bits per heavy atom. The minimum absolute atomic E-state index is 0.203. The highest BCUT2D eigenvalue weighted by Crippen LogP contribution is 2.27. The lowest BCUT2D eigenvalue weighted by atomic mass is 10.0. The summed E-state index contributed by atoms with van der Waals surface area (Å²) in [6, 6.07) is 6.44. The largest absolute Gasteiger partial charge is 0.379 e. The van der Waals surface area contributed by atoms with Crippen LogP contribution < -0.4 is 5.32 Å². The smallest absolute Gasteiger partial charge is 0.123 e. The van der Waals surface area contributed by atoms with Crippen LogP contribution in [0.1, 0.15) is 28.4 Å². The van der Waals surface area contributed by atoms with Crippen LogP contribution in [0.5, 0.6) is 0 Å². The molecule has 1 aromatic heterocycles. The highest BCUT2D eigenvalue weighted by atomic mass is 32.1. The zero-order valence-corrected chi connectivity index (χ0v) is 10.9. The first-order valence-electron chi connectivity index (χ1n) is 6.28. The first kappa shape index (κ1) is 11.7. The molecule has 2 aromatic rings. The third kappa shape index (κ3) is 2.53. The Kier molecular flexibility index (Phi) is 3.28. The molecule has 0 bridgehead atoms. The maximum Gasteiger partial charge on any atom is 0.123 e. The van der Waals surface area contributed by atoms with Gasteiger partial charge in [-0.15, -0.1) is 11.3 Å². The van der Waals surface area contributed by atoms with E-state index in [2.05, 4.69) is 10.3 Å². The van der Waals surface area contributed by atoms with Gasteiger partial charge in [-0.1, -0.05) is 0 Å². The predicted octanol–water partition coefficient (Wildman–Crippen LogP) is 3.77. The van der Waals surface area contributed by atoms with Crippen LogP contribution >= 0.6 is 11.3 Å². The third-order valence-corrected chi connectivity index (χ3v) is 4.34. The molecule has 0 aliphatic heterocycles. The summed E-state index contributed by atoms with van der Waals surface area (Å²) in [5.74, 6) is -0.203. The van der Waals surface area contributed by atoms with E-state index in [1.165, 1.54) is 42.0 Å². The maximum atomic E-state index is 12.8. The van der Waals surface area contributed by atoms with Crippen LogP contribution in [-0.4, -0.2) is 4.98 Å². The van der Waals surface area contributed by atoms with Crippen molar-refractivity contribution >= 4 is 17.0 Å². The first-order valence-corrected chi connectivity index (χ1v) is 7.10. The number of aryl methyl sites for hydroxylation is 2. The summed E-state index contributed by atoms with van der Waals surface area (Å²) in [5.41, 5.74) is 2.23. The molecule has 0 radical (unpaired) electrons. The van der Waals surface area contributed by atoms with Crippen molar-refractivity contribution in [1.82, 2.24) is 4.98 Å². The quantitative estimate of drug-likeness (QED) is 0.910. The summed E-state index contributed by atoms with van der Waals surface area (Å²) < 4.78 is 12.8. The molecule has 18 heavy (non-hydrogen) atoms. The lowest BCUT2D eigenvalue weighted by Crippen LogP contribution is -2.01. The fourth-order valence-electron chi connectivity index (χ4n) is 2.23. The van der Waals surface area contributed by atoms with Crippen LogP contribution in [0.2, 0.25) is 0 Å². The molecule has 0 saturated carbocycles. The van der Waals surface area contributed by atoms with E-state index >= 15 is 0 Å². The number of anilines is 1. The van der Waals surface area contributed by atoms with Gasteiger partial charge in [-0.3, -0.25) is 0 Å². The normalized spacial score (nSPS) is 14.3. The standard InChI is InChI=1S/C14H15FN2S/c15-10-5-7-11(8-6-10)16-9-14-17-12-3-1-2-4-13(12)18-14/h5-8,16H,1-4,9H2. The zero-order chi connectivity index (χ0) is 12.4. The zero-order valence-electron chi connectivity index (χ0n) is 10.1. The summed E-state index contributed by atoms with van der Waals surface area (Å²) in [6.07, 6.45) is 4.87. The van der Waals surface area contributed by atoms with E-state index in [9.17, 15) is 4.39 Å². The molecule has 0 amide bonds. The van der Waals surface area contributed by atoms with Gasteiger partial charge in [0, 0.05) is 10.6 Å². The molecule has 3 rings (SSSR count). The number of fused-ring (bicyclic) bond motifs is 1. The van der Waals surface area contributed by atoms with E-state index in [-0.39, 0.29) is 5.82 Å². The molecule has 4 heteroatoms. The number of nitrogens with one attached hydrogen (secondary N) is 1. The Hall–Kier alpha value is -1.42. The molecule has 1 heterocycles. The lowest BCUT2D eigenvalue weighted by Gasteiger charge is -2.06. The minimum atomic E-state index is -0.203. The van der Waals surface area contributed by atoms with Gasteiger partial charge in [0.25, 0.3) is 0 Å². The molecule has 0 fully saturated rings. The van der Waals surface area contributed by atoms with Crippen molar-refractivity contribution in [3.05, 3.63) is 45.7 Å². The number of nitrogens with zero attached hydrogens (tertiary/aromatic N) is 1. The van der Waals surface area contributed by atoms with E-state index in [0.717, 1.165) is 23.7 Å². The van der Waals surface area contributed by atoms with E-state index in [4.69, 9.17) is 0 Å². The molecule has 94 valence electrons. The van der Waals surface area contributed by atoms with Crippen molar-refractivity contribution in [2.24, 2.45) is 0 Å². The Balaban J connectivity index is 1.66. The predicted molar refractivity (Wildman–Crippen MR) is 72.5 cm³/mol. The van der Waals surface area contributed by atoms with Gasteiger partial charge in [0.2, 0.25) is 0 Å². The fourth-order valence-corrected chi connectivity index (χ4v) is 3.32. The van der Waals surface area contributed by atoms with E-state index in [0.29, 0.717) is 0 Å². The number of hydrogen-bond acceptors (Lipinski definition) is 3. The van der Waals surface area contributed by atoms with E-state index in [1.807, 2.05) is 11.3 Å². The van der Waals surface area contributed by atoms with Crippen molar-refractivity contribution in [1.29, 1.82) is 0 Å². The van der Waals surface area contributed by atoms with Crippen LogP contribution in [0.15, 0.2) is 24.3 Å². The topological polar surface area (TPSA) is 24.9 Å². The minimum Gasteiger partial charge on any atom is -0.379 e. The fraction of sp³-hybridized carbons (Fsp3) is 0.357. The molecule has 1 N–H and O–H groups in total. The maximum absolute atomic E-state index is 12.8. The van der Waals surface area contributed by atoms with Gasteiger partial charge in [0.05, 0.1) is 12.2 Å². The Morgan fingerprint density at radius 3 is 2.72 bits per heavy atom. The molecular formula is C14H15FN2S. The van der Waals surface area contributed by atoms with E-state index < -0.39 is 0 Å². The second kappa shape index (κ2) is 5.06. The van der Waals surface area contributed by atoms with Crippen LogP contribution in [0, 0.1) is 5.82 Å². The van der Waals surface area contributed by atoms with Crippen LogP contribution in [0.25, 0.3) is 0 Å². The molecule has 0 unspecified atom stereocenters. The summed E-state index contributed by atoms with van der Waals surface area (Å²) >= 11 is 1.81. The molecule has 1 aromatic carbocycles. The second-order valence-electron chi connectivity index (χ2n) is 4.55. The number of halogens is 1. The summed E-state index contributed by atoms with van der Waals surface area (Å²) in [7, 11) is 0. The number of aromatic nitrogens is 1. The van der Waals surface area contributed by atoms with Crippen molar-refractivity contribution in [2.75, 3.05) is 5.32 Å². The van der Waals surface area contributed by atoms with Gasteiger partial charge < -0.3 is 5.32 Å². The SMILES string of the molecule is Fc1ccc(NCc2nc3c(s2)CCCC3)cc1. The molecule has 1 aliphatic rings. The molecule has 1 aliphatic carbocycles. The molecule has 0 spiro atoms. The Labute approximate surface area is 110 Å². The average molecular weight is 262 g/mol. The lowest BCUT2D eigenvalue weighted by molar-refractivity contribution is 0.628. The summed E-state index contributed by atoms with van der Waals surface area (Å²) in [6.45, 7) is 0.725. The van der Waals surface area contributed by atoms with Gasteiger partial charge in [-0.25, -0.2) is 9.37 Å².